The Morgan fingerprint density at radius 3 is 2.57 bits per heavy atom. The number of benzene rings is 1. The van der Waals surface area contributed by atoms with Crippen LogP contribution >= 0.6 is 0 Å². The maximum atomic E-state index is 12.5. The number of hydrogen-bond acceptors (Lipinski definition) is 3. The van der Waals surface area contributed by atoms with Crippen LogP contribution in [0.25, 0.3) is 10.4 Å². The number of carbonyl (C=O) groups excluding carboxylic acids is 1. The highest BCUT2D eigenvalue weighted by atomic mass is 16.6. The van der Waals surface area contributed by atoms with Gasteiger partial charge in [-0.1, -0.05) is 41.4 Å². The van der Waals surface area contributed by atoms with Crippen molar-refractivity contribution in [2.75, 3.05) is 13.1 Å². The van der Waals surface area contributed by atoms with E-state index in [2.05, 4.69) is 21.9 Å². The zero-order chi connectivity index (χ0) is 17.3. The molecule has 1 aromatic carbocycles. The second-order valence-electron chi connectivity index (χ2n) is 5.87. The fourth-order valence-corrected chi connectivity index (χ4v) is 1.96. The van der Waals surface area contributed by atoms with E-state index in [1.165, 1.54) is 4.90 Å². The predicted octanol–water partition coefficient (Wildman–Crippen LogP) is 4.30. The van der Waals surface area contributed by atoms with Crippen LogP contribution in [-0.4, -0.2) is 29.7 Å². The summed E-state index contributed by atoms with van der Waals surface area (Å²) in [6, 6.07) is 8.97. The van der Waals surface area contributed by atoms with Crippen molar-refractivity contribution in [1.82, 2.24) is 4.90 Å². The molecule has 0 saturated carbocycles. The summed E-state index contributed by atoms with van der Waals surface area (Å²) in [5, 5.41) is 3.64. The van der Waals surface area contributed by atoms with Crippen LogP contribution in [0.1, 0.15) is 39.3 Å². The van der Waals surface area contributed by atoms with Gasteiger partial charge in [0, 0.05) is 4.91 Å². The van der Waals surface area contributed by atoms with Crippen molar-refractivity contribution in [3.63, 3.8) is 0 Å². The highest BCUT2D eigenvalue weighted by Crippen LogP contribution is 2.23. The molecule has 0 fully saturated rings. The topological polar surface area (TPSA) is 78.3 Å². The molecule has 0 aliphatic rings. The fraction of sp³-hybridized carbons (Fsp3) is 0.471. The van der Waals surface area contributed by atoms with Gasteiger partial charge in [0.25, 0.3) is 0 Å². The Morgan fingerprint density at radius 1 is 1.39 bits per heavy atom. The molecule has 23 heavy (non-hydrogen) atoms. The predicted molar refractivity (Wildman–Crippen MR) is 89.6 cm³/mol. The second-order valence-corrected chi connectivity index (χ2v) is 5.87. The van der Waals surface area contributed by atoms with Crippen molar-refractivity contribution in [2.45, 2.75) is 39.3 Å². The zero-order valence-corrected chi connectivity index (χ0v) is 14.0. The van der Waals surface area contributed by atoms with E-state index in [1.54, 1.807) is 27.7 Å². The Labute approximate surface area is 137 Å². The van der Waals surface area contributed by atoms with Gasteiger partial charge in [0.15, 0.2) is 0 Å². The zero-order valence-electron chi connectivity index (χ0n) is 14.0. The normalized spacial score (nSPS) is 11.5. The Balaban J connectivity index is 3.17. The number of azide groups is 1. The van der Waals surface area contributed by atoms with Gasteiger partial charge in [-0.05, 0) is 38.8 Å². The number of rotatable bonds is 5. The SMILES string of the molecule is CC#CCN(C(=O)OC(C)(C)C)[C@H](CN=[N+]=[N-])c1ccccc1. The Kier molecular flexibility index (Phi) is 6.98. The van der Waals surface area contributed by atoms with Crippen molar-refractivity contribution in [2.24, 2.45) is 5.11 Å². The molecule has 0 heterocycles. The molecule has 0 aromatic heterocycles. The summed E-state index contributed by atoms with van der Waals surface area (Å²) in [4.78, 5) is 16.8. The first-order chi connectivity index (χ1) is 10.9. The van der Waals surface area contributed by atoms with Crippen LogP contribution in [0, 0.1) is 11.8 Å². The number of carbonyl (C=O) groups is 1. The number of amides is 1. The van der Waals surface area contributed by atoms with Crippen LogP contribution in [0.3, 0.4) is 0 Å². The Bertz CT molecular complexity index is 619. The van der Waals surface area contributed by atoms with E-state index < -0.39 is 17.7 Å². The smallest absolute Gasteiger partial charge is 0.411 e. The van der Waals surface area contributed by atoms with Gasteiger partial charge >= 0.3 is 6.09 Å². The van der Waals surface area contributed by atoms with Gasteiger partial charge in [0.1, 0.15) is 5.60 Å². The minimum absolute atomic E-state index is 0.116. The third-order valence-electron chi connectivity index (χ3n) is 2.93. The van der Waals surface area contributed by atoms with Gasteiger partial charge in [0.05, 0.1) is 19.1 Å². The number of nitrogens with zero attached hydrogens (tertiary/aromatic N) is 4. The van der Waals surface area contributed by atoms with Gasteiger partial charge in [-0.3, -0.25) is 4.90 Å². The number of ether oxygens (including phenoxy) is 1. The van der Waals surface area contributed by atoms with Crippen molar-refractivity contribution >= 4 is 6.09 Å². The third kappa shape index (κ3) is 6.33. The maximum Gasteiger partial charge on any atom is 0.411 e. The molecule has 1 amide bonds. The van der Waals surface area contributed by atoms with Crippen LogP contribution in [0.4, 0.5) is 4.79 Å². The first kappa shape index (κ1) is 18.4. The minimum Gasteiger partial charge on any atom is -0.444 e. The molecule has 0 aliphatic carbocycles. The summed E-state index contributed by atoms with van der Waals surface area (Å²) in [7, 11) is 0. The molecule has 122 valence electrons. The van der Waals surface area contributed by atoms with Crippen LogP contribution in [0.15, 0.2) is 35.4 Å². The van der Waals surface area contributed by atoms with E-state index in [0.717, 1.165) is 5.56 Å². The molecule has 0 unspecified atom stereocenters. The molecule has 6 nitrogen and oxygen atoms in total. The van der Waals surface area contributed by atoms with E-state index in [9.17, 15) is 4.79 Å². The summed E-state index contributed by atoms with van der Waals surface area (Å²) in [5.41, 5.74) is 8.89. The Morgan fingerprint density at radius 2 is 2.04 bits per heavy atom. The molecule has 1 atom stereocenters. The van der Waals surface area contributed by atoms with E-state index in [-0.39, 0.29) is 13.1 Å². The lowest BCUT2D eigenvalue weighted by molar-refractivity contribution is 0.0196. The van der Waals surface area contributed by atoms with E-state index >= 15 is 0 Å². The Hall–Kier alpha value is -2.64. The first-order valence-electron chi connectivity index (χ1n) is 7.34. The summed E-state index contributed by atoms with van der Waals surface area (Å²) in [6.45, 7) is 7.44. The highest BCUT2D eigenvalue weighted by molar-refractivity contribution is 5.69. The molecular weight excluding hydrogens is 292 g/mol. The molecule has 0 spiro atoms. The summed E-state index contributed by atoms with van der Waals surface area (Å²) >= 11 is 0. The van der Waals surface area contributed by atoms with Crippen molar-refractivity contribution in [3.8, 4) is 11.8 Å². The monoisotopic (exact) mass is 314 g/mol. The molecule has 1 rings (SSSR count). The van der Waals surface area contributed by atoms with Gasteiger partial charge in [0.2, 0.25) is 0 Å². The maximum absolute atomic E-state index is 12.5. The average Bonchev–Trinajstić information content (AvgIpc) is 2.49. The number of hydrogen-bond donors (Lipinski definition) is 0. The van der Waals surface area contributed by atoms with Gasteiger partial charge in [-0.15, -0.1) is 5.92 Å². The molecule has 0 bridgehead atoms. The lowest BCUT2D eigenvalue weighted by Gasteiger charge is -2.32. The van der Waals surface area contributed by atoms with E-state index in [4.69, 9.17) is 10.3 Å². The summed E-state index contributed by atoms with van der Waals surface area (Å²) in [5.74, 6) is 5.66. The third-order valence-corrected chi connectivity index (χ3v) is 2.93. The van der Waals surface area contributed by atoms with Crippen molar-refractivity contribution in [3.05, 3.63) is 46.3 Å². The van der Waals surface area contributed by atoms with E-state index in [0.29, 0.717) is 0 Å². The first-order valence-corrected chi connectivity index (χ1v) is 7.34. The van der Waals surface area contributed by atoms with E-state index in [1.807, 2.05) is 30.3 Å². The summed E-state index contributed by atoms with van der Waals surface area (Å²) < 4.78 is 5.46. The van der Waals surface area contributed by atoms with Crippen molar-refractivity contribution < 1.29 is 9.53 Å². The molecule has 6 heteroatoms. The lowest BCUT2D eigenvalue weighted by atomic mass is 10.1. The largest absolute Gasteiger partial charge is 0.444 e. The molecule has 0 radical (unpaired) electrons. The minimum atomic E-state index is -0.616. The molecular formula is C17H22N4O2. The van der Waals surface area contributed by atoms with Gasteiger partial charge in [-0.2, -0.15) is 0 Å². The quantitative estimate of drug-likeness (QED) is 0.351. The van der Waals surface area contributed by atoms with Crippen LogP contribution in [-0.2, 0) is 4.74 Å². The molecule has 0 aliphatic heterocycles. The van der Waals surface area contributed by atoms with Gasteiger partial charge < -0.3 is 4.74 Å². The van der Waals surface area contributed by atoms with Crippen molar-refractivity contribution in [1.29, 1.82) is 0 Å². The van der Waals surface area contributed by atoms with Crippen LogP contribution < -0.4 is 0 Å². The van der Waals surface area contributed by atoms with Crippen LogP contribution in [0.2, 0.25) is 0 Å². The molecule has 0 saturated heterocycles. The second kappa shape index (κ2) is 8.72. The highest BCUT2D eigenvalue weighted by Gasteiger charge is 2.28. The standard InChI is InChI=1S/C17H22N4O2/c1-5-6-12-21(16(22)23-17(2,3)4)15(13-19-20-18)14-10-8-7-9-11-14/h7-11,15H,12-13H2,1-4H3/t15-/m1/s1. The molecule has 1 aromatic rings. The summed E-state index contributed by atoms with van der Waals surface area (Å²) in [6.07, 6.45) is -0.484. The fourth-order valence-electron chi connectivity index (χ4n) is 1.96. The van der Waals surface area contributed by atoms with Gasteiger partial charge in [-0.25, -0.2) is 4.79 Å². The average molecular weight is 314 g/mol. The lowest BCUT2D eigenvalue weighted by Crippen LogP contribution is -2.40. The van der Waals surface area contributed by atoms with Crippen LogP contribution in [0.5, 0.6) is 0 Å². The molecule has 0 N–H and O–H groups in total.